The van der Waals surface area contributed by atoms with Crippen molar-refractivity contribution in [1.29, 1.82) is 0 Å². The van der Waals surface area contributed by atoms with Crippen LogP contribution in [0.15, 0.2) is 0 Å². The molecule has 1 atom stereocenters. The van der Waals surface area contributed by atoms with Crippen LogP contribution >= 0.6 is 0 Å². The van der Waals surface area contributed by atoms with E-state index in [2.05, 4.69) is 5.32 Å². The van der Waals surface area contributed by atoms with Gasteiger partial charge in [0.1, 0.15) is 0 Å². The van der Waals surface area contributed by atoms with Crippen molar-refractivity contribution in [3.63, 3.8) is 0 Å². The third-order valence-electron chi connectivity index (χ3n) is 2.65. The summed E-state index contributed by atoms with van der Waals surface area (Å²) in [5.74, 6) is 0.608. The zero-order valence-electron chi connectivity index (χ0n) is 9.16. The second kappa shape index (κ2) is 4.59. The third-order valence-corrected chi connectivity index (χ3v) is 4.85. The molecule has 5 heteroatoms. The molecule has 0 spiro atoms. The topological polar surface area (TPSA) is 49.4 Å². The van der Waals surface area contributed by atoms with Gasteiger partial charge < -0.3 is 5.32 Å². The minimum atomic E-state index is -3.09. The smallest absolute Gasteiger partial charge is 0.217 e. The monoisotopic (exact) mass is 220 g/mol. The van der Waals surface area contributed by atoms with Gasteiger partial charge in [-0.05, 0) is 32.7 Å². The molecule has 1 unspecified atom stereocenters. The third kappa shape index (κ3) is 2.93. The van der Waals surface area contributed by atoms with Crippen molar-refractivity contribution in [3.8, 4) is 0 Å². The number of nitrogens with one attached hydrogen (secondary N) is 1. The number of sulfonamides is 1. The van der Waals surface area contributed by atoms with Crippen LogP contribution in [-0.4, -0.2) is 45.2 Å². The Bertz CT molecular complexity index is 273. The van der Waals surface area contributed by atoms with E-state index in [1.807, 2.05) is 0 Å². The summed E-state index contributed by atoms with van der Waals surface area (Å²) in [5, 5.41) is 2.55. The Morgan fingerprint density at radius 1 is 1.50 bits per heavy atom. The van der Waals surface area contributed by atoms with Gasteiger partial charge in [0.15, 0.2) is 0 Å². The van der Waals surface area contributed by atoms with Crippen LogP contribution in [0.1, 0.15) is 19.8 Å². The van der Waals surface area contributed by atoms with E-state index in [1.165, 1.54) is 17.1 Å². The standard InChI is InChI=1S/C9H20N2O2S/c1-8(6-10-2)14(12,13)11(3)7-9-4-5-9/h8-10H,4-7H2,1-3H3. The highest BCUT2D eigenvalue weighted by atomic mass is 32.2. The van der Waals surface area contributed by atoms with Gasteiger partial charge in [-0.2, -0.15) is 0 Å². The maximum atomic E-state index is 11.9. The zero-order chi connectivity index (χ0) is 10.8. The fourth-order valence-corrected chi connectivity index (χ4v) is 2.88. The van der Waals surface area contributed by atoms with E-state index in [4.69, 9.17) is 0 Å². The van der Waals surface area contributed by atoms with Gasteiger partial charge in [0, 0.05) is 20.1 Å². The van der Waals surface area contributed by atoms with Crippen LogP contribution in [0.4, 0.5) is 0 Å². The van der Waals surface area contributed by atoms with Gasteiger partial charge in [-0.3, -0.25) is 0 Å². The van der Waals surface area contributed by atoms with E-state index in [0.29, 0.717) is 19.0 Å². The molecule has 0 aliphatic heterocycles. The lowest BCUT2D eigenvalue weighted by Crippen LogP contribution is -2.40. The first-order valence-electron chi connectivity index (χ1n) is 5.08. The number of hydrogen-bond acceptors (Lipinski definition) is 3. The van der Waals surface area contributed by atoms with E-state index < -0.39 is 10.0 Å². The number of rotatable bonds is 6. The SMILES string of the molecule is CNCC(C)S(=O)(=O)N(C)CC1CC1. The molecule has 1 N–H and O–H groups in total. The van der Waals surface area contributed by atoms with Crippen LogP contribution in [0.25, 0.3) is 0 Å². The zero-order valence-corrected chi connectivity index (χ0v) is 9.97. The number of nitrogens with zero attached hydrogens (tertiary/aromatic N) is 1. The molecule has 0 bridgehead atoms. The Balaban J connectivity index is 2.52. The highest BCUT2D eigenvalue weighted by Gasteiger charge is 2.30. The molecular weight excluding hydrogens is 200 g/mol. The molecule has 1 aliphatic rings. The first-order chi connectivity index (χ1) is 6.48. The summed E-state index contributed by atoms with van der Waals surface area (Å²) in [6.45, 7) is 2.95. The summed E-state index contributed by atoms with van der Waals surface area (Å²) in [7, 11) is 0.366. The van der Waals surface area contributed by atoms with E-state index >= 15 is 0 Å². The van der Waals surface area contributed by atoms with Crippen LogP contribution in [-0.2, 0) is 10.0 Å². The van der Waals surface area contributed by atoms with Crippen molar-refractivity contribution in [2.75, 3.05) is 27.2 Å². The highest BCUT2D eigenvalue weighted by Crippen LogP contribution is 2.30. The van der Waals surface area contributed by atoms with Gasteiger partial charge in [0.05, 0.1) is 5.25 Å². The maximum absolute atomic E-state index is 11.9. The van der Waals surface area contributed by atoms with Gasteiger partial charge in [-0.1, -0.05) is 0 Å². The molecule has 0 aromatic carbocycles. The molecule has 0 aromatic heterocycles. The molecule has 1 rings (SSSR count). The normalized spacial score (nSPS) is 20.0. The predicted octanol–water partition coefficient (Wildman–Crippen LogP) is 0.266. The summed E-state index contributed by atoms with van der Waals surface area (Å²) >= 11 is 0. The summed E-state index contributed by atoms with van der Waals surface area (Å²) in [5.41, 5.74) is 0. The molecule has 4 nitrogen and oxygen atoms in total. The van der Waals surface area contributed by atoms with Crippen molar-refractivity contribution in [1.82, 2.24) is 9.62 Å². The van der Waals surface area contributed by atoms with Gasteiger partial charge in [0.2, 0.25) is 10.0 Å². The first kappa shape index (κ1) is 11.9. The molecule has 14 heavy (non-hydrogen) atoms. The Morgan fingerprint density at radius 2 is 2.07 bits per heavy atom. The van der Waals surface area contributed by atoms with E-state index in [-0.39, 0.29) is 5.25 Å². The molecule has 0 radical (unpaired) electrons. The Kier molecular flexibility index (Phi) is 3.92. The van der Waals surface area contributed by atoms with Crippen molar-refractivity contribution in [2.24, 2.45) is 5.92 Å². The van der Waals surface area contributed by atoms with Gasteiger partial charge in [-0.25, -0.2) is 12.7 Å². The van der Waals surface area contributed by atoms with Gasteiger partial charge >= 0.3 is 0 Å². The average molecular weight is 220 g/mol. The fraction of sp³-hybridized carbons (Fsp3) is 1.00. The first-order valence-corrected chi connectivity index (χ1v) is 6.58. The second-order valence-corrected chi connectivity index (χ2v) is 6.60. The Hall–Kier alpha value is -0.130. The van der Waals surface area contributed by atoms with Gasteiger partial charge in [0.25, 0.3) is 0 Å². The molecule has 84 valence electrons. The Morgan fingerprint density at radius 3 is 2.50 bits per heavy atom. The van der Waals surface area contributed by atoms with Gasteiger partial charge in [-0.15, -0.1) is 0 Å². The van der Waals surface area contributed by atoms with E-state index in [9.17, 15) is 8.42 Å². The molecule has 1 fully saturated rings. The summed E-state index contributed by atoms with van der Waals surface area (Å²) in [6, 6.07) is 0. The molecule has 0 heterocycles. The van der Waals surface area contributed by atoms with Crippen molar-refractivity contribution < 1.29 is 8.42 Å². The van der Waals surface area contributed by atoms with Crippen LogP contribution in [0, 0.1) is 5.92 Å². The molecule has 0 amide bonds. The molecular formula is C9H20N2O2S. The molecule has 0 saturated heterocycles. The number of hydrogen-bond donors (Lipinski definition) is 1. The molecule has 1 saturated carbocycles. The summed E-state index contributed by atoms with van der Waals surface area (Å²) in [4.78, 5) is 0. The fourth-order valence-electron chi connectivity index (χ4n) is 1.47. The quantitative estimate of drug-likeness (QED) is 0.699. The van der Waals surface area contributed by atoms with E-state index in [0.717, 1.165) is 0 Å². The largest absolute Gasteiger partial charge is 0.318 e. The lowest BCUT2D eigenvalue weighted by atomic mass is 10.4. The van der Waals surface area contributed by atoms with Crippen molar-refractivity contribution >= 4 is 10.0 Å². The lowest BCUT2D eigenvalue weighted by Gasteiger charge is -2.21. The molecule has 0 aromatic rings. The minimum Gasteiger partial charge on any atom is -0.318 e. The summed E-state index contributed by atoms with van der Waals surface area (Å²) < 4.78 is 25.2. The second-order valence-electron chi connectivity index (χ2n) is 4.14. The summed E-state index contributed by atoms with van der Waals surface area (Å²) in [6.07, 6.45) is 2.36. The van der Waals surface area contributed by atoms with Crippen LogP contribution in [0.3, 0.4) is 0 Å². The minimum absolute atomic E-state index is 0.337. The van der Waals surface area contributed by atoms with E-state index in [1.54, 1.807) is 21.0 Å². The van der Waals surface area contributed by atoms with Crippen LogP contribution < -0.4 is 5.32 Å². The predicted molar refractivity (Wildman–Crippen MR) is 57.7 cm³/mol. The lowest BCUT2D eigenvalue weighted by molar-refractivity contribution is 0.443. The van der Waals surface area contributed by atoms with Crippen molar-refractivity contribution in [2.45, 2.75) is 25.0 Å². The highest BCUT2D eigenvalue weighted by molar-refractivity contribution is 7.89. The maximum Gasteiger partial charge on any atom is 0.217 e. The molecule has 1 aliphatic carbocycles. The Labute approximate surface area is 86.7 Å². The van der Waals surface area contributed by atoms with Crippen LogP contribution in [0.5, 0.6) is 0 Å². The van der Waals surface area contributed by atoms with Crippen molar-refractivity contribution in [3.05, 3.63) is 0 Å². The average Bonchev–Trinajstić information content (AvgIpc) is 2.88. The van der Waals surface area contributed by atoms with Crippen LogP contribution in [0.2, 0.25) is 0 Å².